The van der Waals surface area contributed by atoms with Crippen molar-refractivity contribution in [2.75, 3.05) is 13.1 Å². The number of hydrogen-bond donors (Lipinski definition) is 1. The van der Waals surface area contributed by atoms with E-state index in [1.807, 2.05) is 18.7 Å². The average molecular weight is 289 g/mol. The standard InChI is InChI=1S/C16H23N3O2/c1-11-14(12(2)18-10-17-11)15(21)19-8-4-7-16(9-19)6-3-5-13(16)20/h10,13,20H,3-9H2,1-2H3/t13-,16+/m1/s1. The van der Waals surface area contributed by atoms with Crippen LogP contribution >= 0.6 is 0 Å². The smallest absolute Gasteiger partial charge is 0.257 e. The fourth-order valence-corrected chi connectivity index (χ4v) is 3.99. The van der Waals surface area contributed by atoms with Crippen molar-refractivity contribution in [1.29, 1.82) is 0 Å². The van der Waals surface area contributed by atoms with Gasteiger partial charge in [-0.15, -0.1) is 0 Å². The number of aryl methyl sites for hydroxylation is 2. The van der Waals surface area contributed by atoms with Gasteiger partial charge >= 0.3 is 0 Å². The number of nitrogens with zero attached hydrogens (tertiary/aromatic N) is 3. The molecule has 2 aliphatic rings. The topological polar surface area (TPSA) is 66.3 Å². The normalized spacial score (nSPS) is 29.1. The number of aromatic nitrogens is 2. The van der Waals surface area contributed by atoms with Crippen LogP contribution in [0.25, 0.3) is 0 Å². The molecule has 2 heterocycles. The van der Waals surface area contributed by atoms with Gasteiger partial charge in [-0.2, -0.15) is 0 Å². The summed E-state index contributed by atoms with van der Waals surface area (Å²) in [6.07, 6.45) is 6.20. The summed E-state index contributed by atoms with van der Waals surface area (Å²) in [5.74, 6) is 0.0174. The van der Waals surface area contributed by atoms with Crippen molar-refractivity contribution in [3.05, 3.63) is 23.3 Å². The molecule has 1 spiro atoms. The van der Waals surface area contributed by atoms with Crippen molar-refractivity contribution in [3.63, 3.8) is 0 Å². The molecule has 1 amide bonds. The van der Waals surface area contributed by atoms with E-state index in [4.69, 9.17) is 0 Å². The highest BCUT2D eigenvalue weighted by molar-refractivity contribution is 5.96. The monoisotopic (exact) mass is 289 g/mol. The molecule has 1 saturated carbocycles. The Bertz CT molecular complexity index is 540. The van der Waals surface area contributed by atoms with E-state index in [2.05, 4.69) is 9.97 Å². The molecule has 1 aromatic rings. The van der Waals surface area contributed by atoms with Crippen LogP contribution in [0.5, 0.6) is 0 Å². The molecule has 1 aliphatic carbocycles. The molecule has 3 rings (SSSR count). The maximum atomic E-state index is 12.9. The number of carbonyl (C=O) groups excluding carboxylic acids is 1. The van der Waals surface area contributed by atoms with Crippen LogP contribution in [0.4, 0.5) is 0 Å². The van der Waals surface area contributed by atoms with Crippen molar-refractivity contribution < 1.29 is 9.90 Å². The molecule has 5 nitrogen and oxygen atoms in total. The number of hydrogen-bond acceptors (Lipinski definition) is 4. The molecule has 0 aromatic carbocycles. The molecule has 1 N–H and O–H groups in total. The maximum absolute atomic E-state index is 12.9. The molecule has 2 atom stereocenters. The number of carbonyl (C=O) groups is 1. The Morgan fingerprint density at radius 1 is 1.29 bits per heavy atom. The summed E-state index contributed by atoms with van der Waals surface area (Å²) in [6, 6.07) is 0. The number of piperidine rings is 1. The highest BCUT2D eigenvalue weighted by atomic mass is 16.3. The van der Waals surface area contributed by atoms with Crippen LogP contribution < -0.4 is 0 Å². The van der Waals surface area contributed by atoms with Gasteiger partial charge in [0, 0.05) is 18.5 Å². The van der Waals surface area contributed by atoms with E-state index < -0.39 is 0 Å². The zero-order valence-electron chi connectivity index (χ0n) is 12.8. The van der Waals surface area contributed by atoms with Gasteiger partial charge < -0.3 is 10.0 Å². The Balaban J connectivity index is 1.85. The first kappa shape index (κ1) is 14.4. The quantitative estimate of drug-likeness (QED) is 0.857. The molecule has 0 radical (unpaired) electrons. The van der Waals surface area contributed by atoms with Crippen molar-refractivity contribution in [2.45, 2.75) is 52.1 Å². The lowest BCUT2D eigenvalue weighted by Gasteiger charge is -2.42. The molecule has 1 saturated heterocycles. The van der Waals surface area contributed by atoms with Gasteiger partial charge in [-0.3, -0.25) is 4.79 Å². The third-order valence-corrected chi connectivity index (χ3v) is 5.20. The fraction of sp³-hybridized carbons (Fsp3) is 0.688. The Morgan fingerprint density at radius 3 is 2.57 bits per heavy atom. The van der Waals surface area contributed by atoms with E-state index in [9.17, 15) is 9.90 Å². The highest BCUT2D eigenvalue weighted by Gasteiger charge is 2.45. The SMILES string of the molecule is Cc1ncnc(C)c1C(=O)N1CCC[C@@]2(CCC[C@H]2O)C1. The minimum absolute atomic E-state index is 0.0174. The zero-order valence-corrected chi connectivity index (χ0v) is 12.8. The van der Waals surface area contributed by atoms with Crippen LogP contribution in [-0.2, 0) is 0 Å². The molecule has 2 fully saturated rings. The van der Waals surface area contributed by atoms with Gasteiger partial charge in [-0.05, 0) is 39.5 Å². The molecule has 0 unspecified atom stereocenters. The Morgan fingerprint density at radius 2 is 1.95 bits per heavy atom. The number of rotatable bonds is 1. The molecule has 5 heteroatoms. The van der Waals surface area contributed by atoms with Crippen molar-refractivity contribution in [3.8, 4) is 0 Å². The van der Waals surface area contributed by atoms with Crippen LogP contribution in [-0.4, -0.2) is 45.1 Å². The summed E-state index contributed by atoms with van der Waals surface area (Å²) in [7, 11) is 0. The van der Waals surface area contributed by atoms with Crippen molar-refractivity contribution in [1.82, 2.24) is 14.9 Å². The molecule has 1 aromatic heterocycles. The Hall–Kier alpha value is -1.49. The lowest BCUT2D eigenvalue weighted by molar-refractivity contribution is -0.00543. The lowest BCUT2D eigenvalue weighted by Crippen LogP contribution is -2.49. The zero-order chi connectivity index (χ0) is 15.0. The molecular weight excluding hydrogens is 266 g/mol. The van der Waals surface area contributed by atoms with Gasteiger partial charge in [0.15, 0.2) is 0 Å². The molecule has 1 aliphatic heterocycles. The minimum Gasteiger partial charge on any atom is -0.392 e. The van der Waals surface area contributed by atoms with Gasteiger partial charge in [0.1, 0.15) is 6.33 Å². The van der Waals surface area contributed by atoms with Gasteiger partial charge in [0.05, 0.1) is 23.1 Å². The first-order valence-electron chi connectivity index (χ1n) is 7.79. The van der Waals surface area contributed by atoms with Gasteiger partial charge in [-0.25, -0.2) is 9.97 Å². The van der Waals surface area contributed by atoms with Gasteiger partial charge in [0.25, 0.3) is 5.91 Å². The predicted molar refractivity (Wildman–Crippen MR) is 78.9 cm³/mol. The second-order valence-electron chi connectivity index (χ2n) is 6.52. The van der Waals surface area contributed by atoms with Crippen LogP contribution in [0.3, 0.4) is 0 Å². The number of aliphatic hydroxyl groups is 1. The van der Waals surface area contributed by atoms with E-state index in [0.29, 0.717) is 12.1 Å². The Labute approximate surface area is 125 Å². The number of likely N-dealkylation sites (tertiary alicyclic amines) is 1. The number of aliphatic hydroxyl groups excluding tert-OH is 1. The second-order valence-corrected chi connectivity index (χ2v) is 6.52. The lowest BCUT2D eigenvalue weighted by atomic mass is 9.76. The molecular formula is C16H23N3O2. The highest BCUT2D eigenvalue weighted by Crippen LogP contribution is 2.45. The van der Waals surface area contributed by atoms with Crippen molar-refractivity contribution in [2.24, 2.45) is 5.41 Å². The summed E-state index contributed by atoms with van der Waals surface area (Å²) in [5.41, 5.74) is 2.02. The van der Waals surface area contributed by atoms with Crippen molar-refractivity contribution >= 4 is 5.91 Å². The van der Waals surface area contributed by atoms with E-state index in [1.165, 1.54) is 6.33 Å². The summed E-state index contributed by atoms with van der Waals surface area (Å²) in [4.78, 5) is 23.1. The van der Waals surface area contributed by atoms with E-state index >= 15 is 0 Å². The number of amides is 1. The second kappa shape index (κ2) is 5.37. The fourth-order valence-electron chi connectivity index (χ4n) is 3.99. The first-order chi connectivity index (χ1) is 10.0. The summed E-state index contributed by atoms with van der Waals surface area (Å²) < 4.78 is 0. The van der Waals surface area contributed by atoms with Gasteiger partial charge in [-0.1, -0.05) is 6.42 Å². The third-order valence-electron chi connectivity index (χ3n) is 5.20. The van der Waals surface area contributed by atoms with Crippen LogP contribution in [0.15, 0.2) is 6.33 Å². The Kier molecular flexibility index (Phi) is 3.69. The summed E-state index contributed by atoms with van der Waals surface area (Å²) in [6.45, 7) is 5.14. The molecule has 21 heavy (non-hydrogen) atoms. The molecule has 114 valence electrons. The molecule has 0 bridgehead atoms. The van der Waals surface area contributed by atoms with Crippen LogP contribution in [0.2, 0.25) is 0 Å². The predicted octanol–water partition coefficient (Wildman–Crippen LogP) is 1.86. The summed E-state index contributed by atoms with van der Waals surface area (Å²) >= 11 is 0. The van der Waals surface area contributed by atoms with E-state index in [1.54, 1.807) is 0 Å². The van der Waals surface area contributed by atoms with Gasteiger partial charge in [0.2, 0.25) is 0 Å². The van der Waals surface area contributed by atoms with Crippen LogP contribution in [0, 0.1) is 19.3 Å². The summed E-state index contributed by atoms with van der Waals surface area (Å²) in [5, 5.41) is 10.3. The average Bonchev–Trinajstić information content (AvgIpc) is 2.79. The van der Waals surface area contributed by atoms with Crippen LogP contribution in [0.1, 0.15) is 53.8 Å². The minimum atomic E-state index is -0.262. The van der Waals surface area contributed by atoms with E-state index in [0.717, 1.165) is 50.0 Å². The maximum Gasteiger partial charge on any atom is 0.257 e. The first-order valence-corrected chi connectivity index (χ1v) is 7.79. The largest absolute Gasteiger partial charge is 0.392 e. The van der Waals surface area contributed by atoms with E-state index in [-0.39, 0.29) is 17.4 Å². The third kappa shape index (κ3) is 2.44.